The monoisotopic (exact) mass is 533 g/mol. The molecule has 0 bridgehead atoms. The number of carbonyl (C=O) groups is 2. The Kier molecular flexibility index (Phi) is 9.41. The number of hydrogen-bond acceptors (Lipinski definition) is 4. The summed E-state index contributed by atoms with van der Waals surface area (Å²) in [6, 6.07) is 11.8. The SMILES string of the molecule is Cc1cc(C)cc(N(CC(=O)N(Cc2cccc(Cl)c2)[C@@H](C)C(=O)NC2CCCCC2)S(C)(=O)=O)c1. The molecule has 0 spiro atoms. The predicted octanol–water partition coefficient (Wildman–Crippen LogP) is 4.59. The third-order valence-corrected chi connectivity index (χ3v) is 7.91. The summed E-state index contributed by atoms with van der Waals surface area (Å²) >= 11 is 6.16. The lowest BCUT2D eigenvalue weighted by atomic mass is 9.95. The molecule has 3 rings (SSSR count). The number of nitrogens with one attached hydrogen (secondary N) is 1. The van der Waals surface area contributed by atoms with Crippen molar-refractivity contribution in [3.05, 3.63) is 64.2 Å². The average molecular weight is 534 g/mol. The fourth-order valence-corrected chi connectivity index (χ4v) is 5.74. The highest BCUT2D eigenvalue weighted by atomic mass is 35.5. The van der Waals surface area contributed by atoms with Gasteiger partial charge < -0.3 is 10.2 Å². The molecule has 1 saturated carbocycles. The molecule has 7 nitrogen and oxygen atoms in total. The lowest BCUT2D eigenvalue weighted by molar-refractivity contribution is -0.139. The van der Waals surface area contributed by atoms with Gasteiger partial charge in [-0.05, 0) is 74.6 Å². The summed E-state index contributed by atoms with van der Waals surface area (Å²) in [5, 5.41) is 3.61. The summed E-state index contributed by atoms with van der Waals surface area (Å²) in [5.41, 5.74) is 2.96. The minimum absolute atomic E-state index is 0.0969. The van der Waals surface area contributed by atoms with Gasteiger partial charge in [-0.15, -0.1) is 0 Å². The number of rotatable bonds is 9. The van der Waals surface area contributed by atoms with E-state index in [1.54, 1.807) is 37.3 Å². The van der Waals surface area contributed by atoms with Crippen molar-refractivity contribution < 1.29 is 18.0 Å². The standard InChI is InChI=1S/C27H36ClN3O4S/c1-19-13-20(2)15-25(14-19)31(36(4,34)35)18-26(32)30(17-22-9-8-10-23(28)16-22)21(3)27(33)29-24-11-6-5-7-12-24/h8-10,13-16,21,24H,5-7,11-12,17-18H2,1-4H3,(H,29,33)/t21-/m0/s1. The van der Waals surface area contributed by atoms with Gasteiger partial charge in [0.05, 0.1) is 11.9 Å². The maximum atomic E-state index is 13.7. The van der Waals surface area contributed by atoms with Crippen molar-refractivity contribution in [3.63, 3.8) is 0 Å². The second kappa shape index (κ2) is 12.1. The zero-order chi connectivity index (χ0) is 26.5. The van der Waals surface area contributed by atoms with Crippen LogP contribution in [0.5, 0.6) is 0 Å². The average Bonchev–Trinajstić information content (AvgIpc) is 2.79. The lowest BCUT2D eigenvalue weighted by Crippen LogP contribution is -2.53. The fraction of sp³-hybridized carbons (Fsp3) is 0.481. The minimum atomic E-state index is -3.76. The maximum absolute atomic E-state index is 13.7. The van der Waals surface area contributed by atoms with E-state index in [4.69, 9.17) is 11.6 Å². The van der Waals surface area contributed by atoms with Crippen LogP contribution < -0.4 is 9.62 Å². The van der Waals surface area contributed by atoms with Gasteiger partial charge in [-0.25, -0.2) is 8.42 Å². The van der Waals surface area contributed by atoms with Crippen molar-refractivity contribution in [1.82, 2.24) is 10.2 Å². The summed E-state index contributed by atoms with van der Waals surface area (Å²) in [7, 11) is -3.76. The zero-order valence-corrected chi connectivity index (χ0v) is 23.0. The summed E-state index contributed by atoms with van der Waals surface area (Å²) in [4.78, 5) is 28.3. The van der Waals surface area contributed by atoms with E-state index in [0.29, 0.717) is 10.7 Å². The molecule has 1 N–H and O–H groups in total. The Bertz CT molecular complexity index is 1180. The summed E-state index contributed by atoms with van der Waals surface area (Å²) in [5.74, 6) is -0.708. The van der Waals surface area contributed by atoms with E-state index in [1.165, 1.54) is 11.3 Å². The van der Waals surface area contributed by atoms with Crippen molar-refractivity contribution >= 4 is 39.1 Å². The van der Waals surface area contributed by atoms with E-state index < -0.39 is 28.5 Å². The number of nitrogens with zero attached hydrogens (tertiary/aromatic N) is 2. The summed E-state index contributed by atoms with van der Waals surface area (Å²) < 4.78 is 26.6. The molecule has 0 heterocycles. The zero-order valence-electron chi connectivity index (χ0n) is 21.5. The minimum Gasteiger partial charge on any atom is -0.352 e. The van der Waals surface area contributed by atoms with Gasteiger partial charge in [-0.2, -0.15) is 0 Å². The van der Waals surface area contributed by atoms with Gasteiger partial charge in [0, 0.05) is 17.6 Å². The van der Waals surface area contributed by atoms with Crippen LogP contribution in [-0.4, -0.2) is 50.0 Å². The molecule has 196 valence electrons. The number of sulfonamides is 1. The third-order valence-electron chi connectivity index (χ3n) is 6.53. The van der Waals surface area contributed by atoms with Crippen LogP contribution in [0.2, 0.25) is 5.02 Å². The predicted molar refractivity (Wildman–Crippen MR) is 145 cm³/mol. The highest BCUT2D eigenvalue weighted by molar-refractivity contribution is 7.92. The number of amides is 2. The van der Waals surface area contributed by atoms with Gasteiger partial charge in [-0.3, -0.25) is 13.9 Å². The highest BCUT2D eigenvalue weighted by Gasteiger charge is 2.31. The van der Waals surface area contributed by atoms with Crippen molar-refractivity contribution in [3.8, 4) is 0 Å². The largest absolute Gasteiger partial charge is 0.352 e. The number of aryl methyl sites for hydroxylation is 2. The van der Waals surface area contributed by atoms with E-state index in [0.717, 1.165) is 52.9 Å². The van der Waals surface area contributed by atoms with Gasteiger partial charge in [0.2, 0.25) is 21.8 Å². The third kappa shape index (κ3) is 7.71. The van der Waals surface area contributed by atoms with Crippen LogP contribution in [0.1, 0.15) is 55.7 Å². The molecule has 0 aliphatic heterocycles. The van der Waals surface area contributed by atoms with Gasteiger partial charge in [0.1, 0.15) is 12.6 Å². The first-order chi connectivity index (χ1) is 16.9. The number of carbonyl (C=O) groups excluding carboxylic acids is 2. The molecular formula is C27H36ClN3O4S. The normalized spacial score (nSPS) is 15.2. The Balaban J connectivity index is 1.89. The molecule has 2 aromatic rings. The van der Waals surface area contributed by atoms with Crippen LogP contribution in [0.3, 0.4) is 0 Å². The van der Waals surface area contributed by atoms with Crippen LogP contribution in [0.25, 0.3) is 0 Å². The number of hydrogen-bond donors (Lipinski definition) is 1. The number of halogens is 1. The summed E-state index contributed by atoms with van der Waals surface area (Å²) in [6.07, 6.45) is 6.25. The van der Waals surface area contributed by atoms with Crippen molar-refractivity contribution in [2.75, 3.05) is 17.1 Å². The van der Waals surface area contributed by atoms with Crippen LogP contribution >= 0.6 is 11.6 Å². The van der Waals surface area contributed by atoms with Crippen LogP contribution in [0.4, 0.5) is 5.69 Å². The second-order valence-electron chi connectivity index (χ2n) is 9.79. The Labute approximate surface area is 219 Å². The maximum Gasteiger partial charge on any atom is 0.244 e. The Morgan fingerprint density at radius 2 is 1.69 bits per heavy atom. The highest BCUT2D eigenvalue weighted by Crippen LogP contribution is 2.23. The molecule has 1 fully saturated rings. The van der Waals surface area contributed by atoms with Gasteiger partial charge >= 0.3 is 0 Å². The molecule has 0 aromatic heterocycles. The first-order valence-corrected chi connectivity index (χ1v) is 14.6. The molecule has 0 radical (unpaired) electrons. The van der Waals surface area contributed by atoms with E-state index in [2.05, 4.69) is 5.32 Å². The molecule has 2 aromatic carbocycles. The van der Waals surface area contributed by atoms with Crippen LogP contribution in [0, 0.1) is 13.8 Å². The van der Waals surface area contributed by atoms with E-state index in [9.17, 15) is 18.0 Å². The van der Waals surface area contributed by atoms with Crippen molar-refractivity contribution in [2.45, 2.75) is 71.5 Å². The molecule has 9 heteroatoms. The van der Waals surface area contributed by atoms with Crippen molar-refractivity contribution in [1.29, 1.82) is 0 Å². The van der Waals surface area contributed by atoms with E-state index in [1.807, 2.05) is 26.0 Å². The van der Waals surface area contributed by atoms with Crippen molar-refractivity contribution in [2.24, 2.45) is 0 Å². The number of benzene rings is 2. The van der Waals surface area contributed by atoms with Gasteiger partial charge in [-0.1, -0.05) is 49.1 Å². The first-order valence-electron chi connectivity index (χ1n) is 12.3. The van der Waals surface area contributed by atoms with Gasteiger partial charge in [0.25, 0.3) is 0 Å². The molecule has 0 saturated heterocycles. The molecule has 1 atom stereocenters. The summed E-state index contributed by atoms with van der Waals surface area (Å²) in [6.45, 7) is 5.15. The van der Waals surface area contributed by atoms with Gasteiger partial charge in [0.15, 0.2) is 0 Å². The number of anilines is 1. The molecule has 1 aliphatic carbocycles. The first kappa shape index (κ1) is 28.0. The Morgan fingerprint density at radius 3 is 2.28 bits per heavy atom. The molecule has 0 unspecified atom stereocenters. The molecule has 1 aliphatic rings. The smallest absolute Gasteiger partial charge is 0.244 e. The Hall–Kier alpha value is -2.58. The molecule has 2 amide bonds. The molecular weight excluding hydrogens is 498 g/mol. The topological polar surface area (TPSA) is 86.8 Å². The fourth-order valence-electron chi connectivity index (χ4n) is 4.69. The van der Waals surface area contributed by atoms with Crippen LogP contribution in [-0.2, 0) is 26.2 Å². The quantitative estimate of drug-likeness (QED) is 0.511. The second-order valence-corrected chi connectivity index (χ2v) is 12.1. The lowest BCUT2D eigenvalue weighted by Gasteiger charge is -2.33. The van der Waals surface area contributed by atoms with Crippen LogP contribution in [0.15, 0.2) is 42.5 Å². The Morgan fingerprint density at radius 1 is 1.06 bits per heavy atom. The van der Waals surface area contributed by atoms with E-state index in [-0.39, 0.29) is 18.5 Å². The molecule has 36 heavy (non-hydrogen) atoms. The van der Waals surface area contributed by atoms with E-state index >= 15 is 0 Å².